The highest BCUT2D eigenvalue weighted by Crippen LogP contribution is 2.43. The fourth-order valence-electron chi connectivity index (χ4n) is 4.05. The molecule has 0 saturated carbocycles. The van der Waals surface area contributed by atoms with E-state index in [0.717, 1.165) is 12.8 Å². The Balaban J connectivity index is 1.86. The van der Waals surface area contributed by atoms with Gasteiger partial charge < -0.3 is 19.5 Å². The molecule has 0 bridgehead atoms. The van der Waals surface area contributed by atoms with Crippen LogP contribution in [0.2, 0.25) is 0 Å². The first-order chi connectivity index (χ1) is 14.5. The Morgan fingerprint density at radius 3 is 2.60 bits per heavy atom. The van der Waals surface area contributed by atoms with E-state index in [-0.39, 0.29) is 29.5 Å². The number of Topliss-reactive ketones (excluding diaryl/α,β-unsaturated/α-hetero) is 1. The van der Waals surface area contributed by atoms with Gasteiger partial charge in [0.25, 0.3) is 11.7 Å². The molecule has 2 aromatic rings. The van der Waals surface area contributed by atoms with Gasteiger partial charge in [-0.2, -0.15) is 0 Å². The highest BCUT2D eigenvalue weighted by atomic mass is 19.1. The Bertz CT molecular complexity index is 995. The van der Waals surface area contributed by atoms with Crippen LogP contribution in [-0.2, 0) is 14.3 Å². The van der Waals surface area contributed by atoms with Crippen LogP contribution in [0, 0.1) is 5.82 Å². The van der Waals surface area contributed by atoms with Gasteiger partial charge in [-0.05, 0) is 43.2 Å². The van der Waals surface area contributed by atoms with E-state index in [1.54, 1.807) is 24.3 Å². The minimum atomic E-state index is -0.838. The van der Waals surface area contributed by atoms with Gasteiger partial charge in [0.1, 0.15) is 17.3 Å². The molecule has 2 aromatic carbocycles. The standard InChI is InChI=1S/C23H22FNO5/c1-29-18-7-3-2-6-17(18)20-19(21(26)14-8-10-15(24)11-9-14)22(27)23(28)25(20)13-16-5-4-12-30-16/h2-3,6-11,16,20,26H,4-5,12-13H2,1H3/b21-19-. The number of amides is 1. The Hall–Kier alpha value is -3.19. The number of carbonyl (C=O) groups is 2. The van der Waals surface area contributed by atoms with Crippen molar-refractivity contribution in [1.29, 1.82) is 0 Å². The van der Waals surface area contributed by atoms with Gasteiger partial charge in [0, 0.05) is 24.3 Å². The Morgan fingerprint density at radius 1 is 1.20 bits per heavy atom. The third-order valence-corrected chi connectivity index (χ3v) is 5.52. The summed E-state index contributed by atoms with van der Waals surface area (Å²) in [5.41, 5.74) is 0.793. The number of ether oxygens (including phenoxy) is 2. The third-order valence-electron chi connectivity index (χ3n) is 5.52. The zero-order valence-electron chi connectivity index (χ0n) is 16.5. The summed E-state index contributed by atoms with van der Waals surface area (Å²) in [6.07, 6.45) is 1.51. The molecule has 2 fully saturated rings. The normalized spacial score (nSPS) is 23.2. The summed E-state index contributed by atoms with van der Waals surface area (Å²) in [6.45, 7) is 0.844. The molecule has 2 aliphatic heterocycles. The van der Waals surface area contributed by atoms with E-state index in [1.807, 2.05) is 0 Å². The molecule has 4 rings (SSSR count). The lowest BCUT2D eigenvalue weighted by Gasteiger charge is -2.28. The summed E-state index contributed by atoms with van der Waals surface area (Å²) in [4.78, 5) is 27.4. The SMILES string of the molecule is COc1ccccc1C1/C(=C(/O)c2ccc(F)cc2)C(=O)C(=O)N1CC1CCCO1. The lowest BCUT2D eigenvalue weighted by atomic mass is 9.94. The van der Waals surface area contributed by atoms with Crippen LogP contribution in [0.15, 0.2) is 54.1 Å². The number of aliphatic hydroxyl groups excluding tert-OH is 1. The molecule has 156 valence electrons. The maximum absolute atomic E-state index is 13.3. The number of nitrogens with zero attached hydrogens (tertiary/aromatic N) is 1. The second-order valence-electron chi connectivity index (χ2n) is 7.34. The minimum absolute atomic E-state index is 0.0471. The molecule has 0 aromatic heterocycles. The minimum Gasteiger partial charge on any atom is -0.507 e. The quantitative estimate of drug-likeness (QED) is 0.463. The number of likely N-dealkylation sites (tertiary alicyclic amines) is 1. The molecule has 2 atom stereocenters. The van der Waals surface area contributed by atoms with Crippen LogP contribution in [0.4, 0.5) is 4.39 Å². The number of carbonyl (C=O) groups excluding carboxylic acids is 2. The van der Waals surface area contributed by atoms with Crippen molar-refractivity contribution in [2.45, 2.75) is 25.0 Å². The molecule has 6 nitrogen and oxygen atoms in total. The number of aliphatic hydroxyl groups is 1. The lowest BCUT2D eigenvalue weighted by Crippen LogP contribution is -2.36. The van der Waals surface area contributed by atoms with Crippen LogP contribution in [0.1, 0.15) is 30.0 Å². The Morgan fingerprint density at radius 2 is 1.93 bits per heavy atom. The van der Waals surface area contributed by atoms with Crippen LogP contribution in [-0.4, -0.2) is 48.1 Å². The van der Waals surface area contributed by atoms with E-state index in [1.165, 1.54) is 36.3 Å². The summed E-state index contributed by atoms with van der Waals surface area (Å²) in [5.74, 6) is -1.81. The fourth-order valence-corrected chi connectivity index (χ4v) is 4.05. The molecule has 2 unspecified atom stereocenters. The molecule has 2 saturated heterocycles. The van der Waals surface area contributed by atoms with Crippen molar-refractivity contribution in [3.8, 4) is 5.75 Å². The van der Waals surface area contributed by atoms with Crippen molar-refractivity contribution in [3.05, 3.63) is 71.0 Å². The number of halogens is 1. The van der Waals surface area contributed by atoms with Crippen molar-refractivity contribution in [3.63, 3.8) is 0 Å². The number of hydrogen-bond acceptors (Lipinski definition) is 5. The number of methoxy groups -OCH3 is 1. The van der Waals surface area contributed by atoms with E-state index < -0.39 is 23.5 Å². The van der Waals surface area contributed by atoms with Crippen LogP contribution >= 0.6 is 0 Å². The van der Waals surface area contributed by atoms with Gasteiger partial charge in [0.2, 0.25) is 0 Å². The molecular weight excluding hydrogens is 389 g/mol. The molecule has 0 aliphatic carbocycles. The summed E-state index contributed by atoms with van der Waals surface area (Å²) < 4.78 is 24.5. The number of hydrogen-bond donors (Lipinski definition) is 1. The summed E-state index contributed by atoms with van der Waals surface area (Å²) >= 11 is 0. The van der Waals surface area contributed by atoms with Gasteiger partial charge in [-0.25, -0.2) is 4.39 Å². The van der Waals surface area contributed by atoms with Gasteiger partial charge in [0.15, 0.2) is 0 Å². The molecule has 0 radical (unpaired) electrons. The van der Waals surface area contributed by atoms with Crippen molar-refractivity contribution in [2.75, 3.05) is 20.3 Å². The molecule has 2 heterocycles. The largest absolute Gasteiger partial charge is 0.507 e. The lowest BCUT2D eigenvalue weighted by molar-refractivity contribution is -0.140. The van der Waals surface area contributed by atoms with Gasteiger partial charge in [-0.1, -0.05) is 18.2 Å². The number of benzene rings is 2. The third kappa shape index (κ3) is 3.57. The molecule has 0 spiro atoms. The number of ketones is 1. The highest BCUT2D eigenvalue weighted by molar-refractivity contribution is 6.46. The maximum atomic E-state index is 13.3. The van der Waals surface area contributed by atoms with Gasteiger partial charge >= 0.3 is 0 Å². The molecule has 1 N–H and O–H groups in total. The van der Waals surface area contributed by atoms with Crippen LogP contribution in [0.3, 0.4) is 0 Å². The smallest absolute Gasteiger partial charge is 0.295 e. The van der Waals surface area contributed by atoms with Crippen LogP contribution in [0.5, 0.6) is 5.75 Å². The average Bonchev–Trinajstić information content (AvgIpc) is 3.36. The summed E-state index contributed by atoms with van der Waals surface area (Å²) in [5, 5.41) is 11.0. The van der Waals surface area contributed by atoms with E-state index in [2.05, 4.69) is 0 Å². The van der Waals surface area contributed by atoms with Crippen molar-refractivity contribution in [1.82, 2.24) is 4.90 Å². The molecular formula is C23H22FNO5. The maximum Gasteiger partial charge on any atom is 0.295 e. The van der Waals surface area contributed by atoms with Crippen molar-refractivity contribution < 1.29 is 28.6 Å². The zero-order chi connectivity index (χ0) is 21.3. The van der Waals surface area contributed by atoms with Crippen LogP contribution < -0.4 is 4.74 Å². The topological polar surface area (TPSA) is 76.1 Å². The zero-order valence-corrected chi connectivity index (χ0v) is 16.5. The second-order valence-corrected chi connectivity index (χ2v) is 7.34. The van der Waals surface area contributed by atoms with E-state index in [4.69, 9.17) is 9.47 Å². The molecule has 30 heavy (non-hydrogen) atoms. The average molecular weight is 411 g/mol. The first-order valence-electron chi connectivity index (χ1n) is 9.80. The predicted octanol–water partition coefficient (Wildman–Crippen LogP) is 3.44. The number of para-hydroxylation sites is 1. The summed E-state index contributed by atoms with van der Waals surface area (Å²) in [7, 11) is 1.51. The van der Waals surface area contributed by atoms with E-state index in [0.29, 0.717) is 17.9 Å². The van der Waals surface area contributed by atoms with Gasteiger partial charge in [0.05, 0.1) is 24.8 Å². The summed E-state index contributed by atoms with van der Waals surface area (Å²) in [6, 6.07) is 11.3. The van der Waals surface area contributed by atoms with E-state index >= 15 is 0 Å². The van der Waals surface area contributed by atoms with E-state index in [9.17, 15) is 19.1 Å². The molecule has 1 amide bonds. The second kappa shape index (κ2) is 8.28. The fraction of sp³-hybridized carbons (Fsp3) is 0.304. The van der Waals surface area contributed by atoms with Gasteiger partial charge in [-0.15, -0.1) is 0 Å². The Kier molecular flexibility index (Phi) is 5.55. The van der Waals surface area contributed by atoms with Crippen molar-refractivity contribution in [2.24, 2.45) is 0 Å². The Labute approximate surface area is 173 Å². The molecule has 7 heteroatoms. The number of rotatable bonds is 5. The monoisotopic (exact) mass is 411 g/mol. The predicted molar refractivity (Wildman–Crippen MR) is 107 cm³/mol. The first-order valence-corrected chi connectivity index (χ1v) is 9.80. The van der Waals surface area contributed by atoms with Crippen molar-refractivity contribution >= 4 is 17.4 Å². The highest BCUT2D eigenvalue weighted by Gasteiger charge is 2.47. The van der Waals surface area contributed by atoms with Gasteiger partial charge in [-0.3, -0.25) is 9.59 Å². The van der Waals surface area contributed by atoms with Crippen LogP contribution in [0.25, 0.3) is 5.76 Å². The first kappa shape index (κ1) is 20.1. The molecule has 2 aliphatic rings.